The van der Waals surface area contributed by atoms with Gasteiger partial charge in [0.1, 0.15) is 0 Å². The van der Waals surface area contributed by atoms with E-state index < -0.39 is 0 Å². The lowest BCUT2D eigenvalue weighted by molar-refractivity contribution is -0.208. The van der Waals surface area contributed by atoms with E-state index in [9.17, 15) is 0 Å². The van der Waals surface area contributed by atoms with Crippen molar-refractivity contribution in [3.8, 4) is 0 Å². The molecule has 0 N–H and O–H groups in total. The van der Waals surface area contributed by atoms with Gasteiger partial charge in [-0.2, -0.15) is 0 Å². The fraction of sp³-hybridized carbons (Fsp3) is 0.600. The third kappa shape index (κ3) is 2.80. The summed E-state index contributed by atoms with van der Waals surface area (Å²) in [4.78, 5) is 0. The summed E-state index contributed by atoms with van der Waals surface area (Å²) in [7, 11) is 0. The van der Waals surface area contributed by atoms with Crippen LogP contribution in [0.1, 0.15) is 19.3 Å². The van der Waals surface area contributed by atoms with E-state index in [2.05, 4.69) is 13.2 Å². The predicted molar refractivity (Wildman–Crippen MR) is 48.9 cm³/mol. The quantitative estimate of drug-likeness (QED) is 0.599. The van der Waals surface area contributed by atoms with Crippen LogP contribution < -0.4 is 0 Å². The van der Waals surface area contributed by atoms with Gasteiger partial charge in [-0.3, -0.25) is 0 Å². The summed E-state index contributed by atoms with van der Waals surface area (Å²) in [6, 6.07) is 0. The number of hydrogen-bond acceptors (Lipinski definition) is 2. The molecule has 0 radical (unpaired) electrons. The van der Waals surface area contributed by atoms with Gasteiger partial charge in [-0.1, -0.05) is 12.2 Å². The maximum Gasteiger partial charge on any atom is 0.161 e. The van der Waals surface area contributed by atoms with Gasteiger partial charge in [0.05, 0.1) is 12.7 Å². The Morgan fingerprint density at radius 3 is 2.67 bits per heavy atom. The van der Waals surface area contributed by atoms with E-state index in [1.54, 1.807) is 0 Å². The smallest absolute Gasteiger partial charge is 0.161 e. The van der Waals surface area contributed by atoms with E-state index in [1.165, 1.54) is 0 Å². The van der Waals surface area contributed by atoms with Crippen molar-refractivity contribution in [3.05, 3.63) is 25.3 Å². The second-order valence-corrected chi connectivity index (χ2v) is 2.90. The van der Waals surface area contributed by atoms with Crippen molar-refractivity contribution in [3.63, 3.8) is 0 Å². The maximum absolute atomic E-state index is 5.60. The van der Waals surface area contributed by atoms with Gasteiger partial charge in [0.15, 0.2) is 6.29 Å². The number of hydrogen-bond donors (Lipinski definition) is 0. The third-order valence-electron chi connectivity index (χ3n) is 1.88. The van der Waals surface area contributed by atoms with Gasteiger partial charge in [-0.05, 0) is 12.8 Å². The van der Waals surface area contributed by atoms with E-state index in [-0.39, 0.29) is 6.29 Å². The molecule has 1 heterocycles. The molecule has 0 aromatic heterocycles. The van der Waals surface area contributed by atoms with E-state index >= 15 is 0 Å². The monoisotopic (exact) mass is 168 g/mol. The van der Waals surface area contributed by atoms with Crippen molar-refractivity contribution in [2.75, 3.05) is 6.61 Å². The van der Waals surface area contributed by atoms with Crippen molar-refractivity contribution in [2.45, 2.75) is 31.7 Å². The van der Waals surface area contributed by atoms with Crippen molar-refractivity contribution < 1.29 is 9.47 Å². The minimum Gasteiger partial charge on any atom is -0.352 e. The Morgan fingerprint density at radius 1 is 1.25 bits per heavy atom. The number of rotatable bonds is 4. The molecule has 1 saturated heterocycles. The minimum atomic E-state index is -0.0822. The molecular weight excluding hydrogens is 152 g/mol. The fourth-order valence-electron chi connectivity index (χ4n) is 1.27. The Morgan fingerprint density at radius 2 is 2.00 bits per heavy atom. The zero-order chi connectivity index (χ0) is 8.81. The molecule has 0 spiro atoms. The van der Waals surface area contributed by atoms with Crippen LogP contribution in [0, 0.1) is 0 Å². The van der Waals surface area contributed by atoms with Gasteiger partial charge in [0, 0.05) is 6.42 Å². The molecule has 0 aliphatic carbocycles. The second-order valence-electron chi connectivity index (χ2n) is 2.90. The van der Waals surface area contributed by atoms with Crippen LogP contribution in [0.25, 0.3) is 0 Å². The van der Waals surface area contributed by atoms with Crippen LogP contribution in [0.5, 0.6) is 0 Å². The molecule has 1 fully saturated rings. The van der Waals surface area contributed by atoms with Crippen LogP contribution in [0.2, 0.25) is 0 Å². The zero-order valence-electron chi connectivity index (χ0n) is 7.37. The standard InChI is InChI=1S/C10H16O2/c1-3-5-9-7-8-11-10(12-9)6-4-2/h3-4,9-10H,1-2,5-8H2. The highest BCUT2D eigenvalue weighted by atomic mass is 16.7. The van der Waals surface area contributed by atoms with Crippen molar-refractivity contribution in [1.29, 1.82) is 0 Å². The van der Waals surface area contributed by atoms with Crippen LogP contribution in [0.3, 0.4) is 0 Å². The average Bonchev–Trinajstić information content (AvgIpc) is 2.06. The SMILES string of the molecule is C=CCC1CCOC(CC=C)O1. The van der Waals surface area contributed by atoms with E-state index in [0.29, 0.717) is 6.10 Å². The summed E-state index contributed by atoms with van der Waals surface area (Å²) in [6.45, 7) is 8.12. The lowest BCUT2D eigenvalue weighted by atomic mass is 10.2. The Labute approximate surface area is 73.9 Å². The molecule has 0 saturated carbocycles. The molecule has 1 aliphatic rings. The summed E-state index contributed by atoms with van der Waals surface area (Å²) in [5.41, 5.74) is 0. The topological polar surface area (TPSA) is 18.5 Å². The molecule has 2 atom stereocenters. The highest BCUT2D eigenvalue weighted by Gasteiger charge is 2.20. The van der Waals surface area contributed by atoms with Crippen molar-refractivity contribution in [1.82, 2.24) is 0 Å². The number of ether oxygens (including phenoxy) is 2. The largest absolute Gasteiger partial charge is 0.352 e. The summed E-state index contributed by atoms with van der Waals surface area (Å²) in [5.74, 6) is 0. The van der Waals surface area contributed by atoms with Crippen LogP contribution in [0.15, 0.2) is 25.3 Å². The third-order valence-corrected chi connectivity index (χ3v) is 1.88. The summed E-state index contributed by atoms with van der Waals surface area (Å²) >= 11 is 0. The normalized spacial score (nSPS) is 29.7. The average molecular weight is 168 g/mol. The molecule has 68 valence electrons. The Bertz CT molecular complexity index is 138. The van der Waals surface area contributed by atoms with E-state index in [0.717, 1.165) is 25.9 Å². The maximum atomic E-state index is 5.60. The lowest BCUT2D eigenvalue weighted by Gasteiger charge is -2.29. The first kappa shape index (κ1) is 9.49. The van der Waals surface area contributed by atoms with Crippen molar-refractivity contribution in [2.24, 2.45) is 0 Å². The van der Waals surface area contributed by atoms with E-state index in [1.807, 2.05) is 12.2 Å². The summed E-state index contributed by atoms with van der Waals surface area (Å²) < 4.78 is 11.0. The molecule has 0 aromatic carbocycles. The lowest BCUT2D eigenvalue weighted by Crippen LogP contribution is -2.31. The van der Waals surface area contributed by atoms with E-state index in [4.69, 9.17) is 9.47 Å². The van der Waals surface area contributed by atoms with Gasteiger partial charge in [-0.25, -0.2) is 0 Å². The second kappa shape index (κ2) is 5.12. The molecule has 2 nitrogen and oxygen atoms in total. The first-order valence-electron chi connectivity index (χ1n) is 4.35. The first-order valence-corrected chi connectivity index (χ1v) is 4.35. The molecular formula is C10H16O2. The van der Waals surface area contributed by atoms with Gasteiger partial charge < -0.3 is 9.47 Å². The van der Waals surface area contributed by atoms with Crippen LogP contribution in [0.4, 0.5) is 0 Å². The molecule has 12 heavy (non-hydrogen) atoms. The molecule has 0 amide bonds. The van der Waals surface area contributed by atoms with Crippen LogP contribution >= 0.6 is 0 Å². The molecule has 1 rings (SSSR count). The Balaban J connectivity index is 2.29. The predicted octanol–water partition coefficient (Wildman–Crippen LogP) is 2.27. The van der Waals surface area contributed by atoms with Crippen LogP contribution in [-0.4, -0.2) is 19.0 Å². The molecule has 2 unspecified atom stereocenters. The van der Waals surface area contributed by atoms with Gasteiger partial charge in [0.2, 0.25) is 0 Å². The highest BCUT2D eigenvalue weighted by Crippen LogP contribution is 2.17. The van der Waals surface area contributed by atoms with Gasteiger partial charge in [-0.15, -0.1) is 13.2 Å². The Kier molecular flexibility index (Phi) is 4.05. The molecule has 0 aromatic rings. The van der Waals surface area contributed by atoms with Gasteiger partial charge >= 0.3 is 0 Å². The molecule has 0 bridgehead atoms. The minimum absolute atomic E-state index is 0.0822. The van der Waals surface area contributed by atoms with Crippen molar-refractivity contribution >= 4 is 0 Å². The Hall–Kier alpha value is -0.600. The van der Waals surface area contributed by atoms with Gasteiger partial charge in [0.25, 0.3) is 0 Å². The first-order chi connectivity index (χ1) is 5.86. The van der Waals surface area contributed by atoms with Crippen LogP contribution in [-0.2, 0) is 9.47 Å². The molecule has 2 heteroatoms. The summed E-state index contributed by atoms with van der Waals surface area (Å²) in [5, 5.41) is 0. The fourth-order valence-corrected chi connectivity index (χ4v) is 1.27. The summed E-state index contributed by atoms with van der Waals surface area (Å²) in [6.07, 6.45) is 6.58. The zero-order valence-corrected chi connectivity index (χ0v) is 7.37. The molecule has 1 aliphatic heterocycles. The highest BCUT2D eigenvalue weighted by molar-refractivity contribution is 4.77.